The fourth-order valence-corrected chi connectivity index (χ4v) is 13.5. The summed E-state index contributed by atoms with van der Waals surface area (Å²) in [5, 5.41) is 15.6. The maximum Gasteiger partial charge on any atom is 0.0615 e. The van der Waals surface area contributed by atoms with Crippen LogP contribution >= 0.6 is 0 Å². The number of fused-ring (bicyclic) bond motifs is 9. The molecule has 40 heavy (non-hydrogen) atoms. The molecule has 0 amide bonds. The van der Waals surface area contributed by atoms with Gasteiger partial charge in [0.2, 0.25) is 0 Å². The third kappa shape index (κ3) is 4.01. The van der Waals surface area contributed by atoms with Crippen molar-refractivity contribution in [1.29, 1.82) is 0 Å². The first kappa shape index (κ1) is 26.2. The van der Waals surface area contributed by atoms with E-state index >= 15 is 0 Å². The molecule has 6 heteroatoms. The van der Waals surface area contributed by atoms with Gasteiger partial charge in [0.25, 0.3) is 0 Å². The Kier molecular flexibility index (Phi) is 7.03. The first-order valence-corrected chi connectivity index (χ1v) is 18.4. The number of rotatable bonds is 2. The molecule has 6 aliphatic heterocycles. The van der Waals surface area contributed by atoms with E-state index in [1.165, 1.54) is 116 Å². The van der Waals surface area contributed by atoms with E-state index in [4.69, 9.17) is 0 Å². The van der Waals surface area contributed by atoms with E-state index in [0.717, 1.165) is 71.8 Å². The minimum absolute atomic E-state index is 0.576. The van der Waals surface area contributed by atoms with E-state index in [0.29, 0.717) is 12.3 Å². The monoisotopic (exact) mass is 550 g/mol. The summed E-state index contributed by atoms with van der Waals surface area (Å²) in [4.78, 5) is 6.62. The molecule has 6 heterocycles. The Hall–Kier alpha value is -0.240. The summed E-state index contributed by atoms with van der Waals surface area (Å²) < 4.78 is 0. The number of nitrogens with zero attached hydrogens (tertiary/aromatic N) is 2. The average molecular weight is 551 g/mol. The Morgan fingerprint density at radius 1 is 0.325 bits per heavy atom. The lowest BCUT2D eigenvalue weighted by Gasteiger charge is -2.52. The number of likely N-dealkylation sites (tertiary alicyclic amines) is 2. The zero-order valence-electron chi connectivity index (χ0n) is 25.1. The van der Waals surface area contributed by atoms with Gasteiger partial charge in [0, 0.05) is 48.1 Å². The SMILES string of the molecule is C1CNC2NCCC(N3C4CCCCC4C4C5C6CCCCC6N(C6CCNC7NCCCC76)C5CCC43)C2C1. The van der Waals surface area contributed by atoms with Gasteiger partial charge < -0.3 is 21.3 Å². The van der Waals surface area contributed by atoms with Gasteiger partial charge in [-0.1, -0.05) is 25.7 Å². The summed E-state index contributed by atoms with van der Waals surface area (Å²) >= 11 is 0. The Balaban J connectivity index is 1.06. The standard InChI is InChI=1S/C34H58N6/c1-3-11-25-21(7-1)31-29(39(25)27-15-19-37-33-23(27)9-5-17-35-33)13-14-30-32(31)22-8-2-4-12-26(22)40(30)28-16-20-38-34-24(28)10-6-18-36-34/h21-38H,1-20H2. The van der Waals surface area contributed by atoms with E-state index in [1.807, 2.05) is 0 Å². The van der Waals surface area contributed by atoms with Gasteiger partial charge in [-0.25, -0.2) is 0 Å². The third-order valence-electron chi connectivity index (χ3n) is 14.6. The van der Waals surface area contributed by atoms with Crippen molar-refractivity contribution in [2.45, 2.75) is 151 Å². The molecule has 0 aromatic heterocycles. The molecular formula is C34H58N6. The maximum absolute atomic E-state index is 3.90. The van der Waals surface area contributed by atoms with Crippen molar-refractivity contribution in [1.82, 2.24) is 31.1 Å². The second kappa shape index (κ2) is 10.7. The molecule has 0 radical (unpaired) electrons. The zero-order chi connectivity index (χ0) is 26.2. The van der Waals surface area contributed by atoms with Crippen molar-refractivity contribution in [3.05, 3.63) is 0 Å². The second-order valence-corrected chi connectivity index (χ2v) is 15.9. The number of hydrogen-bond acceptors (Lipinski definition) is 6. The number of piperidine rings is 4. The van der Waals surface area contributed by atoms with Crippen molar-refractivity contribution in [2.75, 3.05) is 26.2 Å². The molecule has 0 aromatic rings. The molecule has 6 saturated heterocycles. The molecule has 0 aromatic carbocycles. The molecule has 9 aliphatic rings. The summed E-state index contributed by atoms with van der Waals surface area (Å²) in [6.07, 6.45) is 24.7. The van der Waals surface area contributed by atoms with Gasteiger partial charge in [0.05, 0.1) is 12.3 Å². The molecular weight excluding hydrogens is 492 g/mol. The Morgan fingerprint density at radius 2 is 0.725 bits per heavy atom. The predicted octanol–water partition coefficient (Wildman–Crippen LogP) is 3.87. The highest BCUT2D eigenvalue weighted by molar-refractivity contribution is 5.17. The van der Waals surface area contributed by atoms with Crippen LogP contribution in [0.25, 0.3) is 0 Å². The maximum atomic E-state index is 3.90. The average Bonchev–Trinajstić information content (AvgIpc) is 3.53. The topological polar surface area (TPSA) is 54.6 Å². The predicted molar refractivity (Wildman–Crippen MR) is 161 cm³/mol. The van der Waals surface area contributed by atoms with Gasteiger partial charge in [-0.3, -0.25) is 9.80 Å². The molecule has 9 rings (SSSR count). The lowest BCUT2D eigenvalue weighted by atomic mass is 9.61. The highest BCUT2D eigenvalue weighted by Gasteiger charge is 2.64. The molecule has 14 atom stereocenters. The highest BCUT2D eigenvalue weighted by atomic mass is 15.3. The molecule has 3 saturated carbocycles. The summed E-state index contributed by atoms with van der Waals surface area (Å²) in [5.74, 6) is 5.63. The van der Waals surface area contributed by atoms with Crippen molar-refractivity contribution in [3.8, 4) is 0 Å². The first-order chi connectivity index (χ1) is 19.9. The lowest BCUT2D eigenvalue weighted by Crippen LogP contribution is -2.65. The Morgan fingerprint density at radius 3 is 1.23 bits per heavy atom. The van der Waals surface area contributed by atoms with Gasteiger partial charge >= 0.3 is 0 Å². The number of nitrogens with one attached hydrogen (secondary N) is 4. The molecule has 14 unspecified atom stereocenters. The Labute approximate surface area is 243 Å². The van der Waals surface area contributed by atoms with Gasteiger partial charge in [0.15, 0.2) is 0 Å². The van der Waals surface area contributed by atoms with Crippen molar-refractivity contribution in [2.24, 2.45) is 35.5 Å². The third-order valence-corrected chi connectivity index (χ3v) is 14.6. The molecule has 0 spiro atoms. The van der Waals surface area contributed by atoms with Crippen molar-refractivity contribution in [3.63, 3.8) is 0 Å². The van der Waals surface area contributed by atoms with Crippen LogP contribution in [0.2, 0.25) is 0 Å². The van der Waals surface area contributed by atoms with Crippen LogP contribution in [-0.2, 0) is 0 Å². The van der Waals surface area contributed by atoms with Crippen LogP contribution in [0, 0.1) is 35.5 Å². The quantitative estimate of drug-likeness (QED) is 0.419. The van der Waals surface area contributed by atoms with Crippen LogP contribution in [0.3, 0.4) is 0 Å². The van der Waals surface area contributed by atoms with E-state index in [9.17, 15) is 0 Å². The number of hydrogen-bond donors (Lipinski definition) is 4. The van der Waals surface area contributed by atoms with Gasteiger partial charge in [-0.15, -0.1) is 0 Å². The van der Waals surface area contributed by atoms with Gasteiger partial charge in [0.1, 0.15) is 0 Å². The van der Waals surface area contributed by atoms with Crippen molar-refractivity contribution < 1.29 is 0 Å². The fraction of sp³-hybridized carbons (Fsp3) is 1.00. The van der Waals surface area contributed by atoms with Crippen LogP contribution in [-0.4, -0.2) is 84.6 Å². The minimum atomic E-state index is 0.576. The van der Waals surface area contributed by atoms with E-state index in [-0.39, 0.29) is 0 Å². The van der Waals surface area contributed by atoms with Gasteiger partial charge in [-0.2, -0.15) is 0 Å². The van der Waals surface area contributed by atoms with E-state index in [2.05, 4.69) is 31.1 Å². The highest BCUT2D eigenvalue weighted by Crippen LogP contribution is 2.61. The minimum Gasteiger partial charge on any atom is -0.302 e. The van der Waals surface area contributed by atoms with Gasteiger partial charge in [-0.05, 0) is 127 Å². The van der Waals surface area contributed by atoms with Crippen LogP contribution in [0.4, 0.5) is 0 Å². The molecule has 6 nitrogen and oxygen atoms in total. The molecule has 3 aliphatic carbocycles. The molecule has 0 bridgehead atoms. The fourth-order valence-electron chi connectivity index (χ4n) is 13.5. The zero-order valence-corrected chi connectivity index (χ0v) is 25.1. The summed E-state index contributed by atoms with van der Waals surface area (Å²) in [6.45, 7) is 4.88. The van der Waals surface area contributed by atoms with Crippen LogP contribution < -0.4 is 21.3 Å². The van der Waals surface area contributed by atoms with E-state index in [1.54, 1.807) is 12.8 Å². The van der Waals surface area contributed by atoms with Crippen LogP contribution in [0.5, 0.6) is 0 Å². The van der Waals surface area contributed by atoms with Crippen LogP contribution in [0.15, 0.2) is 0 Å². The normalized spacial score (nSPS) is 54.9. The second-order valence-electron chi connectivity index (χ2n) is 15.9. The smallest absolute Gasteiger partial charge is 0.0615 e. The lowest BCUT2D eigenvalue weighted by molar-refractivity contribution is -0.0222. The summed E-state index contributed by atoms with van der Waals surface area (Å²) in [5.41, 5.74) is 0. The summed E-state index contributed by atoms with van der Waals surface area (Å²) in [7, 11) is 0. The molecule has 224 valence electrons. The van der Waals surface area contributed by atoms with Crippen molar-refractivity contribution >= 4 is 0 Å². The first-order valence-electron chi connectivity index (χ1n) is 18.4. The Bertz CT molecular complexity index is 837. The largest absolute Gasteiger partial charge is 0.302 e. The van der Waals surface area contributed by atoms with E-state index < -0.39 is 0 Å². The molecule has 4 N–H and O–H groups in total. The summed E-state index contributed by atoms with van der Waals surface area (Å²) in [6, 6.07) is 5.23. The van der Waals surface area contributed by atoms with Crippen LogP contribution in [0.1, 0.15) is 103 Å². The molecule has 9 fully saturated rings.